The van der Waals surface area contributed by atoms with Gasteiger partial charge in [-0.1, -0.05) is 67.1 Å². The van der Waals surface area contributed by atoms with Crippen LogP contribution in [0.2, 0.25) is 0 Å². The molecule has 0 bridgehead atoms. The van der Waals surface area contributed by atoms with Crippen LogP contribution in [0.5, 0.6) is 0 Å². The fourth-order valence-corrected chi connectivity index (χ4v) is 7.64. The van der Waals surface area contributed by atoms with E-state index < -0.39 is 28.3 Å². The average molecular weight is 681 g/mol. The third kappa shape index (κ3) is 11.0. The second-order valence-electron chi connectivity index (χ2n) is 14.3. The van der Waals surface area contributed by atoms with Crippen molar-refractivity contribution in [3.05, 3.63) is 71.8 Å². The zero-order valence-electron chi connectivity index (χ0n) is 28.8. The molecule has 1 unspecified atom stereocenters. The summed E-state index contributed by atoms with van der Waals surface area (Å²) < 4.78 is -0.634. The minimum Gasteiger partial charge on any atom is -0.390 e. The van der Waals surface area contributed by atoms with Gasteiger partial charge < -0.3 is 26.4 Å². The molecule has 4 rings (SSSR count). The zero-order valence-corrected chi connectivity index (χ0v) is 29.6. The Kier molecular flexibility index (Phi) is 13.1. The molecule has 2 saturated heterocycles. The normalized spacial score (nSPS) is 22.2. The number of hydrogen-bond donors (Lipinski definition) is 6. The lowest BCUT2D eigenvalue weighted by molar-refractivity contribution is -0.130. The lowest BCUT2D eigenvalue weighted by Crippen LogP contribution is -2.58. The van der Waals surface area contributed by atoms with Gasteiger partial charge in [0.2, 0.25) is 23.6 Å². The number of amides is 4. The third-order valence-electron chi connectivity index (χ3n) is 8.51. The average Bonchev–Trinajstić information content (AvgIpc) is 3.36. The lowest BCUT2D eigenvalue weighted by Gasteiger charge is -2.37. The molecular formula is C36H52N6O5S. The van der Waals surface area contributed by atoms with Gasteiger partial charge in [0, 0.05) is 29.9 Å². The number of hydrogen-bond acceptors (Lipinski definition) is 8. The number of rotatable bonds is 13. The molecule has 0 aromatic heterocycles. The van der Waals surface area contributed by atoms with Gasteiger partial charge in [-0.25, -0.2) is 0 Å². The molecule has 0 radical (unpaired) electrons. The van der Waals surface area contributed by atoms with Crippen LogP contribution in [-0.4, -0.2) is 93.2 Å². The molecule has 48 heavy (non-hydrogen) atoms. The highest BCUT2D eigenvalue weighted by molar-refractivity contribution is 8.01. The van der Waals surface area contributed by atoms with E-state index in [1.54, 1.807) is 0 Å². The summed E-state index contributed by atoms with van der Waals surface area (Å²) in [5.74, 6) is -1.01. The van der Waals surface area contributed by atoms with Crippen LogP contribution in [0.3, 0.4) is 0 Å². The van der Waals surface area contributed by atoms with Gasteiger partial charge in [-0.3, -0.25) is 29.4 Å². The summed E-state index contributed by atoms with van der Waals surface area (Å²) in [6, 6.07) is 16.9. The molecule has 262 valence electrons. The summed E-state index contributed by atoms with van der Waals surface area (Å²) in [5, 5.41) is 25.4. The minimum absolute atomic E-state index is 0.0152. The standard InChI is InChI=1S/C36H52N6O5S/c1-35(2,3)41-31(45)27-18-12-13-19-42(27)23-26(43)22-38-33(47)30-36(4,5)48-34(40-30)29(32(46)37-21-25-16-10-7-11-17-25)39-28(44)20-24-14-8-6-9-15-24/h6-11,14-17,26-27,29-30,34,40,43H,12-13,18-23H2,1-5H3,(H,37,46)(H,38,47)(H,39,44)(H,41,45)/t26-,27-,29?,30-,34+/m0/s1. The van der Waals surface area contributed by atoms with Crippen LogP contribution in [0.15, 0.2) is 60.7 Å². The maximum absolute atomic E-state index is 13.6. The molecule has 2 fully saturated rings. The number of carbonyl (C=O) groups is 4. The Hall–Kier alpha value is -3.45. The van der Waals surface area contributed by atoms with Gasteiger partial charge in [-0.2, -0.15) is 0 Å². The van der Waals surface area contributed by atoms with E-state index in [4.69, 9.17) is 0 Å². The zero-order chi connectivity index (χ0) is 34.9. The molecule has 0 saturated carbocycles. The smallest absolute Gasteiger partial charge is 0.245 e. The molecule has 0 spiro atoms. The van der Waals surface area contributed by atoms with Crippen LogP contribution in [0.25, 0.3) is 0 Å². The van der Waals surface area contributed by atoms with Gasteiger partial charge in [-0.05, 0) is 65.1 Å². The SMILES string of the molecule is CC(C)(C)NC(=O)[C@@H]1CCCCN1C[C@@H](O)CNC(=O)[C@@H]1N[C@@H](C(NC(=O)Cc2ccccc2)C(=O)NCc2ccccc2)SC1(C)C. The van der Waals surface area contributed by atoms with E-state index in [1.165, 1.54) is 11.8 Å². The molecular weight excluding hydrogens is 629 g/mol. The number of nitrogens with one attached hydrogen (secondary N) is 5. The predicted octanol–water partition coefficient (Wildman–Crippen LogP) is 2.09. The maximum Gasteiger partial charge on any atom is 0.245 e. The molecule has 6 N–H and O–H groups in total. The van der Waals surface area contributed by atoms with Crippen molar-refractivity contribution in [3.8, 4) is 0 Å². The van der Waals surface area contributed by atoms with Gasteiger partial charge in [0.25, 0.3) is 0 Å². The van der Waals surface area contributed by atoms with Gasteiger partial charge in [0.05, 0.1) is 23.9 Å². The summed E-state index contributed by atoms with van der Waals surface area (Å²) in [6.07, 6.45) is 1.85. The van der Waals surface area contributed by atoms with E-state index in [0.717, 1.165) is 30.4 Å². The monoisotopic (exact) mass is 680 g/mol. The predicted molar refractivity (Wildman–Crippen MR) is 189 cm³/mol. The van der Waals surface area contributed by atoms with Crippen molar-refractivity contribution in [3.63, 3.8) is 0 Å². The van der Waals surface area contributed by atoms with Crippen LogP contribution in [0.4, 0.5) is 0 Å². The van der Waals surface area contributed by atoms with E-state index in [9.17, 15) is 24.3 Å². The number of thioether (sulfide) groups is 1. The second-order valence-corrected chi connectivity index (χ2v) is 16.1. The first kappa shape index (κ1) is 37.4. The molecule has 2 aliphatic rings. The summed E-state index contributed by atoms with van der Waals surface area (Å²) in [5.41, 5.74) is 1.40. The second kappa shape index (κ2) is 16.8. The Morgan fingerprint density at radius 3 is 2.25 bits per heavy atom. The molecule has 0 aliphatic carbocycles. The lowest BCUT2D eigenvalue weighted by atomic mass is 9.99. The Balaban J connectivity index is 1.38. The Labute approximate surface area is 288 Å². The number of aliphatic hydroxyl groups excluding tert-OH is 1. The van der Waals surface area contributed by atoms with Crippen molar-refractivity contribution in [1.82, 2.24) is 31.5 Å². The number of piperidine rings is 1. The van der Waals surface area contributed by atoms with E-state index in [2.05, 4.69) is 26.6 Å². The molecule has 2 aromatic carbocycles. The topological polar surface area (TPSA) is 152 Å². The summed E-state index contributed by atoms with van der Waals surface area (Å²) in [6.45, 7) is 10.9. The van der Waals surface area contributed by atoms with E-state index in [-0.39, 0.29) is 54.7 Å². The van der Waals surface area contributed by atoms with Crippen LogP contribution in [0.1, 0.15) is 65.0 Å². The summed E-state index contributed by atoms with van der Waals surface area (Å²) >= 11 is 1.42. The minimum atomic E-state index is -0.951. The number of β-amino-alcohol motifs (C(OH)–C–C–N with tert-alkyl or cyclic N) is 1. The summed E-state index contributed by atoms with van der Waals surface area (Å²) in [4.78, 5) is 55.2. The Morgan fingerprint density at radius 1 is 0.958 bits per heavy atom. The number of carbonyl (C=O) groups excluding carboxylic acids is 4. The maximum atomic E-state index is 13.6. The number of likely N-dealkylation sites (tertiary alicyclic amines) is 1. The van der Waals surface area contributed by atoms with E-state index in [1.807, 2.05) is 100 Å². The van der Waals surface area contributed by atoms with Gasteiger partial charge in [0.1, 0.15) is 12.1 Å². The largest absolute Gasteiger partial charge is 0.390 e. The third-order valence-corrected chi connectivity index (χ3v) is 10.0. The van der Waals surface area contributed by atoms with Crippen molar-refractivity contribution in [2.75, 3.05) is 19.6 Å². The highest BCUT2D eigenvalue weighted by Gasteiger charge is 2.49. The number of benzene rings is 2. The number of aliphatic hydroxyl groups is 1. The van der Waals surface area contributed by atoms with Crippen LogP contribution in [-0.2, 0) is 32.1 Å². The first-order valence-electron chi connectivity index (χ1n) is 16.8. The highest BCUT2D eigenvalue weighted by atomic mass is 32.2. The van der Waals surface area contributed by atoms with Crippen molar-refractivity contribution in [2.24, 2.45) is 0 Å². The number of nitrogens with zero attached hydrogens (tertiary/aromatic N) is 1. The first-order valence-corrected chi connectivity index (χ1v) is 17.7. The van der Waals surface area contributed by atoms with Crippen molar-refractivity contribution in [2.45, 2.75) is 107 Å². The molecule has 12 heteroatoms. The Bertz CT molecular complexity index is 1390. The molecule has 2 aromatic rings. The molecule has 4 amide bonds. The van der Waals surface area contributed by atoms with E-state index in [0.29, 0.717) is 13.1 Å². The fourth-order valence-electron chi connectivity index (χ4n) is 6.14. The van der Waals surface area contributed by atoms with Crippen molar-refractivity contribution >= 4 is 35.4 Å². The van der Waals surface area contributed by atoms with Gasteiger partial charge >= 0.3 is 0 Å². The fraction of sp³-hybridized carbons (Fsp3) is 0.556. The van der Waals surface area contributed by atoms with Gasteiger partial charge in [-0.15, -0.1) is 11.8 Å². The van der Waals surface area contributed by atoms with Crippen molar-refractivity contribution < 1.29 is 24.3 Å². The molecule has 11 nitrogen and oxygen atoms in total. The summed E-state index contributed by atoms with van der Waals surface area (Å²) in [7, 11) is 0. The van der Waals surface area contributed by atoms with Crippen LogP contribution < -0.4 is 26.6 Å². The highest BCUT2D eigenvalue weighted by Crippen LogP contribution is 2.39. The van der Waals surface area contributed by atoms with Crippen LogP contribution in [0, 0.1) is 0 Å². The molecule has 5 atom stereocenters. The van der Waals surface area contributed by atoms with Crippen molar-refractivity contribution in [1.29, 1.82) is 0 Å². The molecule has 2 aliphatic heterocycles. The quantitative estimate of drug-likeness (QED) is 0.188. The van der Waals surface area contributed by atoms with E-state index >= 15 is 0 Å². The van der Waals surface area contributed by atoms with Crippen LogP contribution >= 0.6 is 11.8 Å². The first-order chi connectivity index (χ1) is 22.7. The molecule has 2 heterocycles. The Morgan fingerprint density at radius 2 is 1.60 bits per heavy atom. The van der Waals surface area contributed by atoms with Gasteiger partial charge in [0.15, 0.2) is 0 Å².